The third-order valence-electron chi connectivity index (χ3n) is 3.32. The number of amidine groups is 1. The molecule has 1 amide bonds. The van der Waals surface area contributed by atoms with Crippen molar-refractivity contribution in [2.45, 2.75) is 46.6 Å². The molecule has 0 aliphatic rings. The van der Waals surface area contributed by atoms with E-state index in [1.807, 2.05) is 39.8 Å². The van der Waals surface area contributed by atoms with Crippen molar-refractivity contribution < 1.29 is 10.0 Å². The molecule has 0 bridgehead atoms. The van der Waals surface area contributed by atoms with Gasteiger partial charge in [-0.1, -0.05) is 29.8 Å². The number of aryl methyl sites for hydroxylation is 3. The minimum atomic E-state index is -0.140. The first-order valence-corrected chi connectivity index (χ1v) is 6.74. The Balaban J connectivity index is 2.90. The largest absolute Gasteiger partial charge is 0.409 e. The summed E-state index contributed by atoms with van der Waals surface area (Å²) in [5.41, 5.74) is 9.25. The van der Waals surface area contributed by atoms with Crippen molar-refractivity contribution in [3.05, 3.63) is 34.4 Å². The van der Waals surface area contributed by atoms with Crippen LogP contribution >= 0.6 is 0 Å². The monoisotopic (exact) mass is 277 g/mol. The molecule has 20 heavy (non-hydrogen) atoms. The van der Waals surface area contributed by atoms with E-state index in [2.05, 4.69) is 10.5 Å². The number of hydrogen-bond donors (Lipinski definition) is 3. The van der Waals surface area contributed by atoms with Crippen molar-refractivity contribution in [2.75, 3.05) is 0 Å². The summed E-state index contributed by atoms with van der Waals surface area (Å²) in [4.78, 5) is 12.4. The highest BCUT2D eigenvalue weighted by Gasteiger charge is 2.17. The number of nitrogens with two attached hydrogens (primary N) is 1. The maximum Gasteiger partial charge on any atom is 0.252 e. The van der Waals surface area contributed by atoms with Gasteiger partial charge in [-0.25, -0.2) is 0 Å². The van der Waals surface area contributed by atoms with Crippen molar-refractivity contribution >= 4 is 11.7 Å². The van der Waals surface area contributed by atoms with E-state index in [-0.39, 0.29) is 17.8 Å². The Morgan fingerprint density at radius 3 is 2.35 bits per heavy atom. The Labute approximate surface area is 119 Å². The summed E-state index contributed by atoms with van der Waals surface area (Å²) in [6.45, 7) is 7.82. The zero-order valence-electron chi connectivity index (χ0n) is 12.5. The smallest absolute Gasteiger partial charge is 0.252 e. The van der Waals surface area contributed by atoms with Crippen LogP contribution in [-0.4, -0.2) is 23.0 Å². The fourth-order valence-corrected chi connectivity index (χ4v) is 2.39. The van der Waals surface area contributed by atoms with Gasteiger partial charge in [-0.15, -0.1) is 0 Å². The third kappa shape index (κ3) is 3.98. The van der Waals surface area contributed by atoms with Crippen LogP contribution in [-0.2, 0) is 0 Å². The van der Waals surface area contributed by atoms with Crippen LogP contribution in [0.25, 0.3) is 0 Å². The van der Waals surface area contributed by atoms with Crippen LogP contribution in [0.3, 0.4) is 0 Å². The molecule has 4 N–H and O–H groups in total. The van der Waals surface area contributed by atoms with Crippen LogP contribution < -0.4 is 11.1 Å². The van der Waals surface area contributed by atoms with Crippen LogP contribution in [0, 0.1) is 20.8 Å². The number of carbonyl (C=O) groups is 1. The van der Waals surface area contributed by atoms with E-state index in [1.54, 1.807) is 0 Å². The van der Waals surface area contributed by atoms with Gasteiger partial charge in [0.05, 0.1) is 0 Å². The standard InChI is InChI=1S/C15H23N3O2/c1-5-12(8-13(16)18-20)17-15(19)14-10(3)6-9(2)7-11(14)4/h6-7,12,20H,5,8H2,1-4H3,(H2,16,18)(H,17,19). The van der Waals surface area contributed by atoms with Gasteiger partial charge in [-0.3, -0.25) is 4.79 Å². The SMILES string of the molecule is CCC(CC(N)=NO)NC(=O)c1c(C)cc(C)cc1C. The molecule has 1 atom stereocenters. The van der Waals surface area contributed by atoms with E-state index in [0.29, 0.717) is 18.4 Å². The van der Waals surface area contributed by atoms with E-state index in [4.69, 9.17) is 10.9 Å². The predicted octanol–water partition coefficient (Wildman–Crippen LogP) is 2.26. The molecule has 1 rings (SSSR count). The molecule has 110 valence electrons. The normalized spacial score (nSPS) is 13.1. The Hall–Kier alpha value is -2.04. The summed E-state index contributed by atoms with van der Waals surface area (Å²) in [6, 6.07) is 3.84. The molecule has 0 saturated heterocycles. The molecule has 0 aliphatic carbocycles. The average Bonchev–Trinajstić information content (AvgIpc) is 2.36. The van der Waals surface area contributed by atoms with E-state index >= 15 is 0 Å². The van der Waals surface area contributed by atoms with Crippen LogP contribution in [0.2, 0.25) is 0 Å². The van der Waals surface area contributed by atoms with Gasteiger partial charge in [0.25, 0.3) is 5.91 Å². The molecule has 1 aromatic rings. The molecule has 0 aliphatic heterocycles. The van der Waals surface area contributed by atoms with E-state index < -0.39 is 0 Å². The lowest BCUT2D eigenvalue weighted by atomic mass is 9.98. The summed E-state index contributed by atoms with van der Waals surface area (Å²) in [6.07, 6.45) is 1.05. The van der Waals surface area contributed by atoms with Gasteiger partial charge in [0, 0.05) is 18.0 Å². The Bertz CT molecular complexity index is 501. The molecule has 5 nitrogen and oxygen atoms in total. The Morgan fingerprint density at radius 1 is 1.35 bits per heavy atom. The maximum atomic E-state index is 12.4. The highest BCUT2D eigenvalue weighted by molar-refractivity contribution is 5.97. The minimum Gasteiger partial charge on any atom is -0.409 e. The second-order valence-electron chi connectivity index (χ2n) is 5.15. The molecule has 1 unspecified atom stereocenters. The predicted molar refractivity (Wildman–Crippen MR) is 80.2 cm³/mol. The summed E-state index contributed by atoms with van der Waals surface area (Å²) >= 11 is 0. The zero-order valence-corrected chi connectivity index (χ0v) is 12.5. The number of amides is 1. The molecular formula is C15H23N3O2. The lowest BCUT2D eigenvalue weighted by Crippen LogP contribution is -2.38. The first-order chi connectivity index (χ1) is 9.38. The van der Waals surface area contributed by atoms with Crippen LogP contribution in [0.5, 0.6) is 0 Å². The first-order valence-electron chi connectivity index (χ1n) is 6.74. The van der Waals surface area contributed by atoms with Crippen molar-refractivity contribution in [1.82, 2.24) is 5.32 Å². The Kier molecular flexibility index (Phi) is 5.55. The van der Waals surface area contributed by atoms with Crippen molar-refractivity contribution in [2.24, 2.45) is 10.9 Å². The maximum absolute atomic E-state index is 12.4. The molecular weight excluding hydrogens is 254 g/mol. The van der Waals surface area contributed by atoms with Gasteiger partial charge < -0.3 is 16.3 Å². The van der Waals surface area contributed by atoms with Crippen molar-refractivity contribution in [3.63, 3.8) is 0 Å². The molecule has 0 saturated carbocycles. The number of nitrogens with one attached hydrogen (secondary N) is 1. The van der Waals surface area contributed by atoms with Crippen LogP contribution in [0.1, 0.15) is 46.8 Å². The summed E-state index contributed by atoms with van der Waals surface area (Å²) in [5, 5.41) is 14.5. The molecule has 0 radical (unpaired) electrons. The van der Waals surface area contributed by atoms with Gasteiger partial charge >= 0.3 is 0 Å². The number of oxime groups is 1. The van der Waals surface area contributed by atoms with Crippen LogP contribution in [0.15, 0.2) is 17.3 Å². The average molecular weight is 277 g/mol. The Morgan fingerprint density at radius 2 is 1.90 bits per heavy atom. The van der Waals surface area contributed by atoms with E-state index in [1.165, 1.54) is 0 Å². The van der Waals surface area contributed by atoms with Crippen molar-refractivity contribution in [3.8, 4) is 0 Å². The molecule has 1 aromatic carbocycles. The second kappa shape index (κ2) is 6.93. The van der Waals surface area contributed by atoms with Gasteiger partial charge in [0.15, 0.2) is 0 Å². The fraction of sp³-hybridized carbons (Fsp3) is 0.467. The number of hydrogen-bond acceptors (Lipinski definition) is 3. The lowest BCUT2D eigenvalue weighted by Gasteiger charge is -2.18. The van der Waals surface area contributed by atoms with Gasteiger partial charge in [0.2, 0.25) is 0 Å². The third-order valence-corrected chi connectivity index (χ3v) is 3.32. The van der Waals surface area contributed by atoms with E-state index in [0.717, 1.165) is 16.7 Å². The summed E-state index contributed by atoms with van der Waals surface area (Å²) in [7, 11) is 0. The van der Waals surface area contributed by atoms with E-state index in [9.17, 15) is 4.79 Å². The number of benzene rings is 1. The summed E-state index contributed by atoms with van der Waals surface area (Å²) in [5.74, 6) is 0.00656. The lowest BCUT2D eigenvalue weighted by molar-refractivity contribution is 0.0935. The number of carbonyl (C=O) groups excluding carboxylic acids is 1. The van der Waals surface area contributed by atoms with Crippen LogP contribution in [0.4, 0.5) is 0 Å². The minimum absolute atomic E-state index is 0.113. The highest BCUT2D eigenvalue weighted by atomic mass is 16.4. The van der Waals surface area contributed by atoms with Gasteiger partial charge in [-0.2, -0.15) is 0 Å². The highest BCUT2D eigenvalue weighted by Crippen LogP contribution is 2.16. The topological polar surface area (TPSA) is 87.7 Å². The van der Waals surface area contributed by atoms with Crippen molar-refractivity contribution in [1.29, 1.82) is 0 Å². The fourth-order valence-electron chi connectivity index (χ4n) is 2.39. The number of rotatable bonds is 5. The zero-order chi connectivity index (χ0) is 15.3. The quantitative estimate of drug-likeness (QED) is 0.334. The number of nitrogens with zero attached hydrogens (tertiary/aromatic N) is 1. The molecule has 0 aromatic heterocycles. The summed E-state index contributed by atoms with van der Waals surface area (Å²) < 4.78 is 0. The molecule has 0 spiro atoms. The first kappa shape index (κ1) is 16.0. The molecule has 5 heteroatoms. The second-order valence-corrected chi connectivity index (χ2v) is 5.15. The molecule has 0 fully saturated rings. The van der Waals surface area contributed by atoms with Gasteiger partial charge in [-0.05, 0) is 38.3 Å². The van der Waals surface area contributed by atoms with Gasteiger partial charge in [0.1, 0.15) is 5.84 Å². The molecule has 0 heterocycles.